The molecule has 1 aliphatic heterocycles. The highest BCUT2D eigenvalue weighted by Gasteiger charge is 2.24. The maximum Gasteiger partial charge on any atom is 0.337 e. The van der Waals surface area contributed by atoms with Crippen LogP contribution in [0.5, 0.6) is 0 Å². The average Bonchev–Trinajstić information content (AvgIpc) is 3.53. The number of benzene rings is 4. The maximum absolute atomic E-state index is 11.7. The number of nitrogens with zero attached hydrogens (tertiary/aromatic N) is 2. The predicted molar refractivity (Wildman–Crippen MR) is 161 cm³/mol. The summed E-state index contributed by atoms with van der Waals surface area (Å²) in [6, 6.07) is 30.3. The number of hydrazone groups is 1. The van der Waals surface area contributed by atoms with Crippen molar-refractivity contribution >= 4 is 48.1 Å². The third kappa shape index (κ3) is 6.49. The van der Waals surface area contributed by atoms with Crippen LogP contribution in [0, 0.1) is 0 Å². The first-order chi connectivity index (χ1) is 20.1. The van der Waals surface area contributed by atoms with E-state index < -0.39 is 0 Å². The molecule has 4 aromatic carbocycles. The Labute approximate surface area is 238 Å². The molecule has 0 saturated carbocycles. The lowest BCUT2D eigenvalue weighted by Gasteiger charge is -2.18. The zero-order valence-electron chi connectivity index (χ0n) is 22.6. The van der Waals surface area contributed by atoms with E-state index in [-0.39, 0.29) is 18.0 Å². The molecule has 1 aliphatic rings. The summed E-state index contributed by atoms with van der Waals surface area (Å²) in [6.45, 7) is 0. The van der Waals surface area contributed by atoms with Gasteiger partial charge in [-0.3, -0.25) is 0 Å². The molecular weight excluding hydrogens is 516 g/mol. The van der Waals surface area contributed by atoms with Crippen molar-refractivity contribution in [2.75, 3.05) is 19.4 Å². The van der Waals surface area contributed by atoms with E-state index in [1.54, 1.807) is 30.5 Å². The molecule has 1 atom stereocenters. The summed E-state index contributed by atoms with van der Waals surface area (Å²) in [5.74, 6) is -0.727. The van der Waals surface area contributed by atoms with Gasteiger partial charge < -0.3 is 9.47 Å². The average molecular weight is 545 g/mol. The zero-order chi connectivity index (χ0) is 28.6. The van der Waals surface area contributed by atoms with Crippen molar-refractivity contribution in [3.8, 4) is 0 Å². The van der Waals surface area contributed by atoms with Crippen LogP contribution in [0.15, 0.2) is 102 Å². The number of ether oxygens (including phenoxy) is 2. The Bertz CT molecular complexity index is 1500. The summed E-state index contributed by atoms with van der Waals surface area (Å²) in [5, 5.41) is 6.08. The van der Waals surface area contributed by atoms with E-state index in [1.165, 1.54) is 19.4 Å². The lowest BCUT2D eigenvalue weighted by molar-refractivity contribution is 0.0592. The molecule has 204 valence electrons. The highest BCUT2D eigenvalue weighted by molar-refractivity contribution is 5.90. The van der Waals surface area contributed by atoms with E-state index in [1.807, 2.05) is 97.1 Å². The van der Waals surface area contributed by atoms with Crippen LogP contribution in [0.3, 0.4) is 0 Å². The molecule has 0 aromatic heterocycles. The van der Waals surface area contributed by atoms with Crippen molar-refractivity contribution in [3.05, 3.63) is 136 Å². The molecule has 1 heterocycles. The lowest BCUT2D eigenvalue weighted by Crippen LogP contribution is -2.15. The molecule has 41 heavy (non-hydrogen) atoms. The number of hydrogen-bond acceptors (Lipinski definition) is 7. The molecule has 4 aromatic rings. The van der Waals surface area contributed by atoms with Gasteiger partial charge in [-0.2, -0.15) is 5.10 Å². The number of carbonyl (C=O) groups excluding carboxylic acids is 2. The highest BCUT2D eigenvalue weighted by atomic mass is 16.7. The molecule has 0 aliphatic carbocycles. The minimum atomic E-state index is -0.375. The molecule has 0 radical (unpaired) electrons. The van der Waals surface area contributed by atoms with Crippen LogP contribution in [0.25, 0.3) is 24.3 Å². The van der Waals surface area contributed by atoms with Crippen molar-refractivity contribution in [1.82, 2.24) is 0 Å². The summed E-state index contributed by atoms with van der Waals surface area (Å²) < 4.78 is 9.54. The van der Waals surface area contributed by atoms with Crippen molar-refractivity contribution in [2.45, 2.75) is 6.10 Å². The summed E-state index contributed by atoms with van der Waals surface area (Å²) in [7, 11) is 2.73. The van der Waals surface area contributed by atoms with Crippen LogP contribution in [-0.2, 0) is 14.3 Å². The summed E-state index contributed by atoms with van der Waals surface area (Å²) >= 11 is 0. The molecule has 0 bridgehead atoms. The van der Waals surface area contributed by atoms with Gasteiger partial charge >= 0.3 is 11.9 Å². The van der Waals surface area contributed by atoms with Crippen LogP contribution < -0.4 is 5.17 Å². The van der Waals surface area contributed by atoms with Crippen molar-refractivity contribution in [3.63, 3.8) is 0 Å². The normalized spacial score (nSPS) is 14.6. The van der Waals surface area contributed by atoms with E-state index in [0.29, 0.717) is 11.1 Å². The fraction of sp³-hybridized carbons (Fsp3) is 0.0882. The zero-order valence-corrected chi connectivity index (χ0v) is 22.6. The molecule has 0 amide bonds. The Hall–Kier alpha value is -5.27. The van der Waals surface area contributed by atoms with E-state index in [9.17, 15) is 9.59 Å². The summed E-state index contributed by atoms with van der Waals surface area (Å²) in [4.78, 5) is 29.7. The predicted octanol–water partition coefficient (Wildman–Crippen LogP) is 7.08. The van der Waals surface area contributed by atoms with E-state index in [4.69, 9.17) is 14.3 Å². The van der Waals surface area contributed by atoms with E-state index in [0.717, 1.165) is 33.5 Å². The van der Waals surface area contributed by atoms with Crippen molar-refractivity contribution < 1.29 is 23.9 Å². The van der Waals surface area contributed by atoms with Gasteiger partial charge in [0, 0.05) is 5.56 Å². The molecule has 5 rings (SSSR count). The Kier molecular flexibility index (Phi) is 8.47. The monoisotopic (exact) mass is 544 g/mol. The number of esters is 2. The molecular formula is C34H28N2O5. The third-order valence-electron chi connectivity index (χ3n) is 6.54. The van der Waals surface area contributed by atoms with Gasteiger partial charge in [0.05, 0.1) is 37.2 Å². The van der Waals surface area contributed by atoms with Crippen molar-refractivity contribution in [2.24, 2.45) is 5.10 Å². The highest BCUT2D eigenvalue weighted by Crippen LogP contribution is 2.32. The van der Waals surface area contributed by atoms with Gasteiger partial charge in [0.15, 0.2) is 6.10 Å². The SMILES string of the molecule is COC(=O)c1ccc(C=Cc2ccccc2C2C=NN(c3ccccc3C=Cc3ccc(C(=O)OC)cc3)O2)cc1. The Balaban J connectivity index is 1.30. The van der Waals surface area contributed by atoms with Gasteiger partial charge in [0.25, 0.3) is 0 Å². The minimum Gasteiger partial charge on any atom is -0.465 e. The third-order valence-corrected chi connectivity index (χ3v) is 6.54. The molecule has 0 N–H and O–H groups in total. The van der Waals surface area contributed by atoms with Crippen LogP contribution in [-0.4, -0.2) is 32.4 Å². The largest absolute Gasteiger partial charge is 0.465 e. The molecule has 0 spiro atoms. The number of hydrogen-bond donors (Lipinski definition) is 0. The van der Waals surface area contributed by atoms with E-state index >= 15 is 0 Å². The number of methoxy groups -OCH3 is 2. The Morgan fingerprint density at radius 2 is 1.20 bits per heavy atom. The fourth-order valence-corrected chi connectivity index (χ4v) is 4.33. The quantitative estimate of drug-likeness (QED) is 0.174. The molecule has 0 fully saturated rings. The van der Waals surface area contributed by atoms with Gasteiger partial charge in [-0.15, -0.1) is 5.17 Å². The number of carbonyl (C=O) groups is 2. The van der Waals surface area contributed by atoms with Crippen LogP contribution in [0.1, 0.15) is 54.6 Å². The van der Waals surface area contributed by atoms with Crippen LogP contribution in [0.4, 0.5) is 5.69 Å². The first kappa shape index (κ1) is 27.3. The fourth-order valence-electron chi connectivity index (χ4n) is 4.33. The topological polar surface area (TPSA) is 77.4 Å². The van der Waals surface area contributed by atoms with Crippen LogP contribution >= 0.6 is 0 Å². The molecule has 7 nitrogen and oxygen atoms in total. The first-order valence-electron chi connectivity index (χ1n) is 13.0. The number of rotatable bonds is 8. The summed E-state index contributed by atoms with van der Waals surface area (Å²) in [6.07, 6.45) is 9.36. The number of para-hydroxylation sites is 1. The van der Waals surface area contributed by atoms with E-state index in [2.05, 4.69) is 5.10 Å². The van der Waals surface area contributed by atoms with Gasteiger partial charge in [-0.1, -0.05) is 91.0 Å². The van der Waals surface area contributed by atoms with Crippen molar-refractivity contribution in [1.29, 1.82) is 0 Å². The molecule has 1 unspecified atom stereocenters. The summed E-state index contributed by atoms with van der Waals surface area (Å²) in [5.41, 5.74) is 6.59. The molecule has 0 saturated heterocycles. The second kappa shape index (κ2) is 12.7. The Morgan fingerprint density at radius 1 is 0.683 bits per heavy atom. The number of anilines is 1. The van der Waals surface area contributed by atoms with Gasteiger partial charge in [0.2, 0.25) is 0 Å². The maximum atomic E-state index is 11.7. The Morgan fingerprint density at radius 3 is 1.78 bits per heavy atom. The second-order valence-electron chi connectivity index (χ2n) is 9.15. The smallest absolute Gasteiger partial charge is 0.337 e. The standard InChI is InChI=1S/C34H28N2O5/c1-39-33(37)28-19-13-24(14-20-28)11-17-26-7-3-5-9-30(26)32-23-35-36(41-32)31-10-6-4-8-27(31)18-12-25-15-21-29(22-16-25)34(38)40-2/h3-23,32H,1-2H3. The second-order valence-corrected chi connectivity index (χ2v) is 9.15. The minimum absolute atomic E-state index is 0.362. The lowest BCUT2D eigenvalue weighted by atomic mass is 10.0. The molecule has 7 heteroatoms. The van der Waals surface area contributed by atoms with Gasteiger partial charge in [-0.05, 0) is 52.6 Å². The van der Waals surface area contributed by atoms with Gasteiger partial charge in [0.1, 0.15) is 0 Å². The van der Waals surface area contributed by atoms with Crippen LogP contribution in [0.2, 0.25) is 0 Å². The van der Waals surface area contributed by atoms with Gasteiger partial charge in [-0.25, -0.2) is 14.4 Å². The first-order valence-corrected chi connectivity index (χ1v) is 13.0.